The van der Waals surface area contributed by atoms with Gasteiger partial charge in [0.15, 0.2) is 5.11 Å². The average Bonchev–Trinajstić information content (AvgIpc) is 3.48. The first kappa shape index (κ1) is 22.1. The molecule has 2 atom stereocenters. The van der Waals surface area contributed by atoms with E-state index in [-0.39, 0.29) is 17.9 Å². The van der Waals surface area contributed by atoms with Crippen molar-refractivity contribution in [2.24, 2.45) is 0 Å². The van der Waals surface area contributed by atoms with E-state index in [1.165, 1.54) is 12.1 Å². The molecule has 1 aliphatic heterocycles. The Balaban J connectivity index is 1.37. The third kappa shape index (κ3) is 4.79. The summed E-state index contributed by atoms with van der Waals surface area (Å²) in [5, 5.41) is 7.58. The summed E-state index contributed by atoms with van der Waals surface area (Å²) < 4.78 is 19.7. The molecule has 172 valence electrons. The standard InChI is InChI=1S/C27H25FN4OS/c28-20-12-10-19(11-13-20)23-14-15-24(33-23)26-25(22-9-4-5-16-30-22)31-27(34)32(26)18-6-17-29-21-7-2-1-3-8-21/h1-5,7-16,25-26,29H,6,17-18H2,(H,31,34)/t25-,26+/m1/s1. The molecule has 1 fully saturated rings. The number of furan rings is 1. The van der Waals surface area contributed by atoms with Gasteiger partial charge in [-0.05, 0) is 79.3 Å². The number of hydrogen-bond donors (Lipinski definition) is 2. The number of nitrogens with one attached hydrogen (secondary N) is 2. The monoisotopic (exact) mass is 472 g/mol. The lowest BCUT2D eigenvalue weighted by atomic mass is 10.0. The highest BCUT2D eigenvalue weighted by atomic mass is 32.1. The van der Waals surface area contributed by atoms with Crippen LogP contribution in [-0.2, 0) is 0 Å². The molecule has 0 unspecified atom stereocenters. The van der Waals surface area contributed by atoms with Gasteiger partial charge in [0, 0.05) is 30.5 Å². The summed E-state index contributed by atoms with van der Waals surface area (Å²) in [6.45, 7) is 1.58. The zero-order valence-corrected chi connectivity index (χ0v) is 19.3. The van der Waals surface area contributed by atoms with Gasteiger partial charge >= 0.3 is 0 Å². The number of thiocarbonyl (C=S) groups is 1. The number of pyridine rings is 1. The van der Waals surface area contributed by atoms with Crippen LogP contribution in [0.25, 0.3) is 11.3 Å². The molecule has 2 aromatic heterocycles. The zero-order chi connectivity index (χ0) is 23.3. The Bertz CT molecular complexity index is 1230. The van der Waals surface area contributed by atoms with Gasteiger partial charge in [0.1, 0.15) is 23.4 Å². The first-order valence-corrected chi connectivity index (χ1v) is 11.7. The summed E-state index contributed by atoms with van der Waals surface area (Å²) in [6.07, 6.45) is 2.68. The van der Waals surface area contributed by atoms with E-state index in [2.05, 4.69) is 32.7 Å². The molecule has 5 rings (SSSR count). The van der Waals surface area contributed by atoms with Crippen LogP contribution < -0.4 is 10.6 Å². The fourth-order valence-electron chi connectivity index (χ4n) is 4.27. The molecular weight excluding hydrogens is 447 g/mol. The van der Waals surface area contributed by atoms with E-state index in [1.54, 1.807) is 18.3 Å². The maximum atomic E-state index is 13.4. The Hall–Kier alpha value is -3.71. The summed E-state index contributed by atoms with van der Waals surface area (Å²) in [7, 11) is 0. The van der Waals surface area contributed by atoms with Gasteiger partial charge in [0.05, 0.1) is 11.7 Å². The summed E-state index contributed by atoms with van der Waals surface area (Å²) >= 11 is 5.74. The largest absolute Gasteiger partial charge is 0.459 e. The maximum absolute atomic E-state index is 13.4. The van der Waals surface area contributed by atoms with Gasteiger partial charge in [-0.25, -0.2) is 4.39 Å². The van der Waals surface area contributed by atoms with Crippen LogP contribution in [0, 0.1) is 5.82 Å². The van der Waals surface area contributed by atoms with E-state index >= 15 is 0 Å². The van der Waals surface area contributed by atoms with Gasteiger partial charge < -0.3 is 20.0 Å². The van der Waals surface area contributed by atoms with E-state index in [0.717, 1.165) is 42.2 Å². The molecule has 0 radical (unpaired) electrons. The lowest BCUT2D eigenvalue weighted by molar-refractivity contribution is 0.274. The van der Waals surface area contributed by atoms with Crippen molar-refractivity contribution in [3.8, 4) is 11.3 Å². The Labute approximate surface area is 203 Å². The van der Waals surface area contributed by atoms with Crippen LogP contribution in [0.3, 0.4) is 0 Å². The van der Waals surface area contributed by atoms with Crippen molar-refractivity contribution in [1.29, 1.82) is 0 Å². The zero-order valence-electron chi connectivity index (χ0n) is 18.5. The molecular formula is C27H25FN4OS. The van der Waals surface area contributed by atoms with E-state index in [1.807, 2.05) is 48.5 Å². The highest BCUT2D eigenvalue weighted by Crippen LogP contribution is 2.40. The van der Waals surface area contributed by atoms with Crippen molar-refractivity contribution in [2.75, 3.05) is 18.4 Å². The van der Waals surface area contributed by atoms with Crippen LogP contribution in [0.1, 0.15) is 30.0 Å². The molecule has 5 nitrogen and oxygen atoms in total. The first-order valence-electron chi connectivity index (χ1n) is 11.3. The summed E-state index contributed by atoms with van der Waals surface area (Å²) in [5.74, 6) is 1.21. The molecule has 3 heterocycles. The summed E-state index contributed by atoms with van der Waals surface area (Å²) in [5.41, 5.74) is 2.83. The Morgan fingerprint density at radius 2 is 1.76 bits per heavy atom. The molecule has 0 bridgehead atoms. The number of aromatic nitrogens is 1. The number of para-hydroxylation sites is 1. The van der Waals surface area contributed by atoms with Gasteiger partial charge in [-0.15, -0.1) is 0 Å². The van der Waals surface area contributed by atoms with Gasteiger partial charge in [-0.3, -0.25) is 4.98 Å². The summed E-state index contributed by atoms with van der Waals surface area (Å²) in [4.78, 5) is 6.75. The number of nitrogens with zero attached hydrogens (tertiary/aromatic N) is 2. The maximum Gasteiger partial charge on any atom is 0.170 e. The van der Waals surface area contributed by atoms with Crippen LogP contribution >= 0.6 is 12.2 Å². The van der Waals surface area contributed by atoms with Crippen LogP contribution in [0.4, 0.5) is 10.1 Å². The van der Waals surface area contributed by atoms with Gasteiger partial charge in [-0.1, -0.05) is 24.3 Å². The topological polar surface area (TPSA) is 53.3 Å². The Morgan fingerprint density at radius 3 is 2.53 bits per heavy atom. The molecule has 0 aliphatic carbocycles. The molecule has 2 aromatic carbocycles. The smallest absolute Gasteiger partial charge is 0.170 e. The van der Waals surface area contributed by atoms with Gasteiger partial charge in [0.25, 0.3) is 0 Å². The molecule has 2 N–H and O–H groups in total. The highest BCUT2D eigenvalue weighted by molar-refractivity contribution is 7.80. The second-order valence-corrected chi connectivity index (χ2v) is 8.56. The van der Waals surface area contributed by atoms with Crippen LogP contribution in [-0.4, -0.2) is 28.1 Å². The van der Waals surface area contributed by atoms with E-state index in [0.29, 0.717) is 10.9 Å². The molecule has 0 spiro atoms. The molecule has 1 saturated heterocycles. The lowest BCUT2D eigenvalue weighted by Gasteiger charge is -2.26. The fraction of sp³-hybridized carbons (Fsp3) is 0.185. The first-order chi connectivity index (χ1) is 16.7. The van der Waals surface area contributed by atoms with Gasteiger partial charge in [-0.2, -0.15) is 0 Å². The van der Waals surface area contributed by atoms with Crippen LogP contribution in [0.2, 0.25) is 0 Å². The van der Waals surface area contributed by atoms with E-state index in [9.17, 15) is 4.39 Å². The second kappa shape index (κ2) is 10.1. The molecule has 1 aliphatic rings. The van der Waals surface area contributed by atoms with Crippen molar-refractivity contribution in [3.63, 3.8) is 0 Å². The van der Waals surface area contributed by atoms with Crippen molar-refractivity contribution in [3.05, 3.63) is 108 Å². The highest BCUT2D eigenvalue weighted by Gasteiger charge is 2.41. The molecule has 0 amide bonds. The van der Waals surface area contributed by atoms with E-state index in [4.69, 9.17) is 16.6 Å². The minimum Gasteiger partial charge on any atom is -0.459 e. The molecule has 34 heavy (non-hydrogen) atoms. The number of anilines is 1. The van der Waals surface area contributed by atoms with Crippen molar-refractivity contribution in [1.82, 2.24) is 15.2 Å². The third-order valence-electron chi connectivity index (χ3n) is 5.92. The Morgan fingerprint density at radius 1 is 0.971 bits per heavy atom. The SMILES string of the molecule is Fc1ccc(-c2ccc([C@H]3[C@@H](c4ccccn4)NC(=S)N3CCCNc3ccccc3)o2)cc1. The molecule has 4 aromatic rings. The van der Waals surface area contributed by atoms with Crippen LogP contribution in [0.5, 0.6) is 0 Å². The lowest BCUT2D eigenvalue weighted by Crippen LogP contribution is -2.31. The minimum absolute atomic E-state index is 0.136. The van der Waals surface area contributed by atoms with Gasteiger partial charge in [0.2, 0.25) is 0 Å². The predicted molar refractivity (Wildman–Crippen MR) is 136 cm³/mol. The number of rotatable bonds is 8. The second-order valence-electron chi connectivity index (χ2n) is 8.18. The Kier molecular flexibility index (Phi) is 6.53. The van der Waals surface area contributed by atoms with E-state index < -0.39 is 0 Å². The third-order valence-corrected chi connectivity index (χ3v) is 6.28. The minimum atomic E-state index is -0.272. The number of halogens is 1. The van der Waals surface area contributed by atoms with Crippen molar-refractivity contribution >= 4 is 23.0 Å². The normalized spacial score (nSPS) is 17.6. The average molecular weight is 473 g/mol. The van der Waals surface area contributed by atoms with Crippen molar-refractivity contribution in [2.45, 2.75) is 18.5 Å². The predicted octanol–water partition coefficient (Wildman–Crippen LogP) is 5.96. The quantitative estimate of drug-likeness (QED) is 0.244. The number of hydrogen-bond acceptors (Lipinski definition) is 4. The van der Waals surface area contributed by atoms with Crippen LogP contribution in [0.15, 0.2) is 95.5 Å². The fourth-order valence-corrected chi connectivity index (χ4v) is 4.61. The molecule has 7 heteroatoms. The summed E-state index contributed by atoms with van der Waals surface area (Å²) in [6, 6.07) is 26.0. The van der Waals surface area contributed by atoms with Crippen molar-refractivity contribution < 1.29 is 8.81 Å². The molecule has 0 saturated carbocycles. The number of benzene rings is 2.